The van der Waals surface area contributed by atoms with E-state index in [4.69, 9.17) is 20.4 Å². The SMILES string of the molecule is CCC(OCCOC(C)(C)C)C(N)=NO. The van der Waals surface area contributed by atoms with Crippen LogP contribution in [0.2, 0.25) is 0 Å². The molecule has 5 heteroatoms. The first-order chi connectivity index (χ1) is 6.90. The van der Waals surface area contributed by atoms with Gasteiger partial charge >= 0.3 is 0 Å². The number of nitrogens with two attached hydrogens (primary N) is 1. The van der Waals surface area contributed by atoms with E-state index in [2.05, 4.69) is 5.16 Å². The van der Waals surface area contributed by atoms with Crippen molar-refractivity contribution in [3.63, 3.8) is 0 Å². The quantitative estimate of drug-likeness (QED) is 0.232. The van der Waals surface area contributed by atoms with Crippen LogP contribution in [0.4, 0.5) is 0 Å². The summed E-state index contributed by atoms with van der Waals surface area (Å²) < 4.78 is 10.9. The molecular formula is C10H22N2O3. The van der Waals surface area contributed by atoms with E-state index in [1.165, 1.54) is 0 Å². The molecule has 0 aromatic rings. The van der Waals surface area contributed by atoms with Crippen LogP contribution in [0.5, 0.6) is 0 Å². The molecule has 0 bridgehead atoms. The summed E-state index contributed by atoms with van der Waals surface area (Å²) in [6, 6.07) is 0. The number of rotatable bonds is 6. The Morgan fingerprint density at radius 2 is 2.00 bits per heavy atom. The maximum Gasteiger partial charge on any atom is 0.168 e. The summed E-state index contributed by atoms with van der Waals surface area (Å²) in [5, 5.41) is 11.4. The third-order valence-corrected chi connectivity index (χ3v) is 1.75. The molecule has 0 amide bonds. The second-order valence-electron chi connectivity index (χ2n) is 4.25. The van der Waals surface area contributed by atoms with Gasteiger partial charge in [0.25, 0.3) is 0 Å². The van der Waals surface area contributed by atoms with E-state index in [0.717, 1.165) is 0 Å². The van der Waals surface area contributed by atoms with Gasteiger partial charge in [0.15, 0.2) is 5.84 Å². The van der Waals surface area contributed by atoms with Crippen molar-refractivity contribution < 1.29 is 14.7 Å². The summed E-state index contributed by atoms with van der Waals surface area (Å²) in [5.74, 6) is 0.105. The Kier molecular flexibility index (Phi) is 6.27. The predicted molar refractivity (Wildman–Crippen MR) is 59.1 cm³/mol. The lowest BCUT2D eigenvalue weighted by molar-refractivity contribution is -0.0421. The third kappa shape index (κ3) is 7.16. The molecule has 0 aliphatic heterocycles. The molecule has 0 fully saturated rings. The Labute approximate surface area is 91.2 Å². The largest absolute Gasteiger partial charge is 0.409 e. The van der Waals surface area contributed by atoms with Crippen LogP contribution < -0.4 is 5.73 Å². The number of nitrogens with zero attached hydrogens (tertiary/aromatic N) is 1. The van der Waals surface area contributed by atoms with Crippen molar-refractivity contribution in [3.05, 3.63) is 0 Å². The molecule has 0 radical (unpaired) electrons. The number of hydrogen-bond acceptors (Lipinski definition) is 4. The second kappa shape index (κ2) is 6.63. The molecule has 90 valence electrons. The fourth-order valence-electron chi connectivity index (χ4n) is 1.01. The van der Waals surface area contributed by atoms with Crippen LogP contribution >= 0.6 is 0 Å². The number of oxime groups is 1. The van der Waals surface area contributed by atoms with Crippen molar-refractivity contribution in [2.75, 3.05) is 13.2 Å². The highest BCUT2D eigenvalue weighted by atomic mass is 16.5. The first-order valence-electron chi connectivity index (χ1n) is 5.13. The smallest absolute Gasteiger partial charge is 0.168 e. The van der Waals surface area contributed by atoms with E-state index in [0.29, 0.717) is 19.6 Å². The number of amidine groups is 1. The van der Waals surface area contributed by atoms with Crippen molar-refractivity contribution in [3.8, 4) is 0 Å². The minimum Gasteiger partial charge on any atom is -0.409 e. The molecule has 1 unspecified atom stereocenters. The van der Waals surface area contributed by atoms with Crippen LogP contribution in [-0.4, -0.2) is 36.0 Å². The van der Waals surface area contributed by atoms with Crippen molar-refractivity contribution in [1.82, 2.24) is 0 Å². The van der Waals surface area contributed by atoms with Crippen molar-refractivity contribution >= 4 is 5.84 Å². The molecule has 0 spiro atoms. The van der Waals surface area contributed by atoms with Crippen molar-refractivity contribution in [2.24, 2.45) is 10.9 Å². The van der Waals surface area contributed by atoms with Crippen LogP contribution in [0.3, 0.4) is 0 Å². The topological polar surface area (TPSA) is 77.1 Å². The number of hydrogen-bond donors (Lipinski definition) is 2. The molecule has 0 aromatic heterocycles. The Morgan fingerprint density at radius 3 is 2.40 bits per heavy atom. The van der Waals surface area contributed by atoms with Gasteiger partial charge in [0, 0.05) is 0 Å². The molecular weight excluding hydrogens is 196 g/mol. The highest BCUT2D eigenvalue weighted by molar-refractivity contribution is 5.84. The summed E-state index contributed by atoms with van der Waals surface area (Å²) in [5.41, 5.74) is 5.26. The lowest BCUT2D eigenvalue weighted by atomic mass is 10.2. The number of ether oxygens (including phenoxy) is 2. The van der Waals surface area contributed by atoms with Gasteiger partial charge in [-0.3, -0.25) is 0 Å². The molecule has 0 saturated heterocycles. The Morgan fingerprint density at radius 1 is 1.40 bits per heavy atom. The van der Waals surface area contributed by atoms with Gasteiger partial charge in [0.05, 0.1) is 18.8 Å². The summed E-state index contributed by atoms with van der Waals surface area (Å²) in [7, 11) is 0. The molecule has 0 heterocycles. The van der Waals surface area contributed by atoms with Gasteiger partial charge in [-0.2, -0.15) is 0 Å². The van der Waals surface area contributed by atoms with Gasteiger partial charge in [0.2, 0.25) is 0 Å². The fraction of sp³-hybridized carbons (Fsp3) is 0.900. The standard InChI is InChI=1S/C10H22N2O3/c1-5-8(9(11)12-13)14-6-7-15-10(2,3)4/h8,13H,5-7H2,1-4H3,(H2,11,12). The summed E-state index contributed by atoms with van der Waals surface area (Å²) in [6.45, 7) is 8.79. The molecule has 5 nitrogen and oxygen atoms in total. The van der Waals surface area contributed by atoms with Crippen LogP contribution in [0.25, 0.3) is 0 Å². The molecule has 0 aliphatic rings. The highest BCUT2D eigenvalue weighted by Crippen LogP contribution is 2.06. The molecule has 1 atom stereocenters. The minimum absolute atomic E-state index is 0.105. The molecule has 3 N–H and O–H groups in total. The zero-order chi connectivity index (χ0) is 11.9. The Hall–Kier alpha value is -0.810. The molecule has 0 saturated carbocycles. The fourth-order valence-corrected chi connectivity index (χ4v) is 1.01. The first-order valence-corrected chi connectivity index (χ1v) is 5.13. The van der Waals surface area contributed by atoms with Gasteiger partial charge in [-0.15, -0.1) is 0 Å². The highest BCUT2D eigenvalue weighted by Gasteiger charge is 2.13. The Balaban J connectivity index is 3.74. The van der Waals surface area contributed by atoms with E-state index in [9.17, 15) is 0 Å². The van der Waals surface area contributed by atoms with Gasteiger partial charge in [-0.25, -0.2) is 0 Å². The van der Waals surface area contributed by atoms with Crippen molar-refractivity contribution in [2.45, 2.75) is 45.8 Å². The summed E-state index contributed by atoms with van der Waals surface area (Å²) >= 11 is 0. The van der Waals surface area contributed by atoms with E-state index in [1.807, 2.05) is 27.7 Å². The van der Waals surface area contributed by atoms with Crippen LogP contribution in [0, 0.1) is 0 Å². The van der Waals surface area contributed by atoms with Crippen LogP contribution in [-0.2, 0) is 9.47 Å². The van der Waals surface area contributed by atoms with Gasteiger partial charge in [-0.1, -0.05) is 12.1 Å². The molecule has 0 aromatic carbocycles. The zero-order valence-corrected chi connectivity index (χ0v) is 9.99. The monoisotopic (exact) mass is 218 g/mol. The average Bonchev–Trinajstić information content (AvgIpc) is 2.15. The van der Waals surface area contributed by atoms with Gasteiger partial charge in [-0.05, 0) is 27.2 Å². The van der Waals surface area contributed by atoms with Crippen molar-refractivity contribution in [1.29, 1.82) is 0 Å². The molecule has 0 rings (SSSR count). The zero-order valence-electron chi connectivity index (χ0n) is 9.99. The predicted octanol–water partition coefficient (Wildman–Crippen LogP) is 1.34. The average molecular weight is 218 g/mol. The maximum atomic E-state index is 8.47. The lowest BCUT2D eigenvalue weighted by Gasteiger charge is -2.20. The van der Waals surface area contributed by atoms with E-state index in [-0.39, 0.29) is 17.5 Å². The van der Waals surface area contributed by atoms with Gasteiger partial charge < -0.3 is 20.4 Å². The van der Waals surface area contributed by atoms with Crippen LogP contribution in [0.1, 0.15) is 34.1 Å². The van der Waals surface area contributed by atoms with Gasteiger partial charge in [0.1, 0.15) is 6.10 Å². The van der Waals surface area contributed by atoms with E-state index in [1.54, 1.807) is 0 Å². The van der Waals surface area contributed by atoms with E-state index < -0.39 is 0 Å². The van der Waals surface area contributed by atoms with E-state index >= 15 is 0 Å². The third-order valence-electron chi connectivity index (χ3n) is 1.75. The van der Waals surface area contributed by atoms with Crippen LogP contribution in [0.15, 0.2) is 5.16 Å². The second-order valence-corrected chi connectivity index (χ2v) is 4.25. The summed E-state index contributed by atoms with van der Waals surface area (Å²) in [6.07, 6.45) is 0.337. The lowest BCUT2D eigenvalue weighted by Crippen LogP contribution is -2.32. The minimum atomic E-state index is -0.335. The summed E-state index contributed by atoms with van der Waals surface area (Å²) in [4.78, 5) is 0. The molecule has 15 heavy (non-hydrogen) atoms. The first kappa shape index (κ1) is 14.2. The maximum absolute atomic E-state index is 8.47. The molecule has 0 aliphatic carbocycles. The normalized spacial score (nSPS) is 15.3. The Bertz CT molecular complexity index is 199.